The Morgan fingerprint density at radius 3 is 2.37 bits per heavy atom. The Kier molecular flexibility index (Phi) is 7.58. The molecule has 0 amide bonds. The van der Waals surface area contributed by atoms with E-state index in [1.54, 1.807) is 0 Å². The highest BCUT2D eigenvalue weighted by Crippen LogP contribution is 2.39. The Morgan fingerprint density at radius 1 is 0.886 bits per heavy atom. The lowest BCUT2D eigenvalue weighted by Gasteiger charge is -2.38. The third-order valence-electron chi connectivity index (χ3n) is 6.98. The van der Waals surface area contributed by atoms with Crippen molar-refractivity contribution in [3.8, 4) is 11.1 Å². The summed E-state index contributed by atoms with van der Waals surface area (Å²) in [5.74, 6) is 0. The molecule has 0 radical (unpaired) electrons. The molecule has 0 aliphatic carbocycles. The molecule has 3 aromatic carbocycles. The maximum atomic E-state index is 9.98. The van der Waals surface area contributed by atoms with E-state index in [1.165, 1.54) is 0 Å². The summed E-state index contributed by atoms with van der Waals surface area (Å²) < 4.78 is 13.0. The van der Waals surface area contributed by atoms with Crippen molar-refractivity contribution < 1.29 is 19.7 Å². The van der Waals surface area contributed by atoms with Crippen LogP contribution in [0.25, 0.3) is 11.1 Å². The number of nitrogens with two attached hydrogens (primary N) is 1. The van der Waals surface area contributed by atoms with Gasteiger partial charge in [0.05, 0.1) is 24.9 Å². The van der Waals surface area contributed by atoms with E-state index in [2.05, 4.69) is 35.2 Å². The van der Waals surface area contributed by atoms with Gasteiger partial charge in [0.2, 0.25) is 0 Å². The van der Waals surface area contributed by atoms with Gasteiger partial charge in [0, 0.05) is 38.2 Å². The van der Waals surface area contributed by atoms with Crippen LogP contribution >= 0.6 is 0 Å². The predicted octanol–water partition coefficient (Wildman–Crippen LogP) is 3.92. The van der Waals surface area contributed by atoms with Crippen LogP contribution in [-0.2, 0) is 22.6 Å². The molecule has 6 heteroatoms. The number of nitrogens with zero attached hydrogens (tertiary/aromatic N) is 1. The minimum atomic E-state index is -0.499. The Hall–Kier alpha value is -2.58. The van der Waals surface area contributed by atoms with Crippen molar-refractivity contribution >= 4 is 0 Å². The molecule has 0 bridgehead atoms. The van der Waals surface area contributed by atoms with Crippen molar-refractivity contribution in [2.45, 2.75) is 50.6 Å². The molecule has 0 aromatic heterocycles. The van der Waals surface area contributed by atoms with Gasteiger partial charge in [0.1, 0.15) is 0 Å². The fraction of sp³-hybridized carbons (Fsp3) is 0.379. The Bertz CT molecular complexity index is 1120. The number of hydrogen-bond donors (Lipinski definition) is 3. The van der Waals surface area contributed by atoms with E-state index in [0.717, 1.165) is 59.3 Å². The van der Waals surface area contributed by atoms with Gasteiger partial charge in [-0.3, -0.25) is 4.90 Å². The Labute approximate surface area is 206 Å². The van der Waals surface area contributed by atoms with Crippen molar-refractivity contribution in [3.63, 3.8) is 0 Å². The molecule has 0 saturated carbocycles. The standard InChI is InChI=1S/C29H34N2O4/c30-16-21-3-1-4-23(13-21)24-5-2-6-25(14-24)29-34-27(18-31-12-11-26(33)17-31)15-28(35-29)22-9-7-20(19-32)8-10-22/h1-10,13-14,26-29,32-33H,11-12,15-19,30H2/t26-,27-,28+,29+/m0/s1. The number of rotatable bonds is 7. The van der Waals surface area contributed by atoms with E-state index < -0.39 is 6.29 Å². The minimum absolute atomic E-state index is 0.0224. The SMILES string of the molecule is NCc1cccc(-c2cccc([C@@H]3O[C@H](CN4CC[C@H](O)C4)C[C@H](c4ccc(CO)cc4)O3)c2)c1. The average molecular weight is 475 g/mol. The molecule has 2 fully saturated rings. The lowest BCUT2D eigenvalue weighted by molar-refractivity contribution is -0.252. The van der Waals surface area contributed by atoms with Gasteiger partial charge in [-0.1, -0.05) is 60.7 Å². The first kappa shape index (κ1) is 24.1. The van der Waals surface area contributed by atoms with Crippen LogP contribution in [0.5, 0.6) is 0 Å². The number of hydrogen-bond acceptors (Lipinski definition) is 6. The van der Waals surface area contributed by atoms with Crippen LogP contribution in [-0.4, -0.2) is 47.0 Å². The highest BCUT2D eigenvalue weighted by molar-refractivity contribution is 5.65. The van der Waals surface area contributed by atoms with E-state index in [1.807, 2.05) is 42.5 Å². The number of likely N-dealkylation sites (tertiary alicyclic amines) is 1. The summed E-state index contributed by atoms with van der Waals surface area (Å²) in [5, 5.41) is 19.4. The number of aliphatic hydroxyl groups is 2. The molecule has 3 aromatic rings. The van der Waals surface area contributed by atoms with Crippen molar-refractivity contribution in [2.24, 2.45) is 5.73 Å². The first-order valence-corrected chi connectivity index (χ1v) is 12.4. The topological polar surface area (TPSA) is 88.2 Å². The smallest absolute Gasteiger partial charge is 0.184 e. The van der Waals surface area contributed by atoms with Gasteiger partial charge < -0.3 is 25.4 Å². The van der Waals surface area contributed by atoms with Crippen molar-refractivity contribution in [3.05, 3.63) is 95.1 Å². The Balaban J connectivity index is 1.41. The fourth-order valence-electron chi connectivity index (χ4n) is 5.04. The van der Waals surface area contributed by atoms with Crippen molar-refractivity contribution in [1.82, 2.24) is 4.90 Å². The van der Waals surface area contributed by atoms with E-state index >= 15 is 0 Å². The zero-order valence-corrected chi connectivity index (χ0v) is 19.9. The van der Waals surface area contributed by atoms with Crippen LogP contribution < -0.4 is 5.73 Å². The van der Waals surface area contributed by atoms with Crippen LogP contribution in [0, 0.1) is 0 Å². The zero-order chi connectivity index (χ0) is 24.2. The molecule has 2 saturated heterocycles. The second-order valence-corrected chi connectivity index (χ2v) is 9.58. The summed E-state index contributed by atoms with van der Waals surface area (Å²) in [7, 11) is 0. The van der Waals surface area contributed by atoms with Crippen LogP contribution in [0.3, 0.4) is 0 Å². The summed E-state index contributed by atoms with van der Waals surface area (Å²) in [6.45, 7) is 2.87. The van der Waals surface area contributed by atoms with E-state index in [0.29, 0.717) is 13.1 Å². The number of aliphatic hydroxyl groups excluding tert-OH is 2. The monoisotopic (exact) mass is 474 g/mol. The molecule has 5 rings (SSSR count). The summed E-state index contributed by atoms with van der Waals surface area (Å²) in [4.78, 5) is 2.28. The largest absolute Gasteiger partial charge is 0.392 e. The van der Waals surface area contributed by atoms with Crippen LogP contribution in [0.1, 0.15) is 47.5 Å². The van der Waals surface area contributed by atoms with Gasteiger partial charge in [-0.2, -0.15) is 0 Å². The summed E-state index contributed by atoms with van der Waals surface area (Å²) in [6, 6.07) is 24.5. The molecule has 2 heterocycles. The third kappa shape index (κ3) is 5.81. The lowest BCUT2D eigenvalue weighted by atomic mass is 9.98. The van der Waals surface area contributed by atoms with Gasteiger partial charge >= 0.3 is 0 Å². The number of ether oxygens (including phenoxy) is 2. The third-order valence-corrected chi connectivity index (χ3v) is 6.98. The maximum Gasteiger partial charge on any atom is 0.184 e. The van der Waals surface area contributed by atoms with E-state index in [9.17, 15) is 10.2 Å². The van der Waals surface area contributed by atoms with Gasteiger partial charge in [-0.05, 0) is 46.4 Å². The van der Waals surface area contributed by atoms with Gasteiger partial charge in [-0.15, -0.1) is 0 Å². The molecule has 35 heavy (non-hydrogen) atoms. The molecule has 0 spiro atoms. The fourth-order valence-corrected chi connectivity index (χ4v) is 5.04. The van der Waals surface area contributed by atoms with E-state index in [4.69, 9.17) is 15.2 Å². The van der Waals surface area contributed by atoms with Crippen LogP contribution in [0.15, 0.2) is 72.8 Å². The first-order valence-electron chi connectivity index (χ1n) is 12.4. The summed E-state index contributed by atoms with van der Waals surface area (Å²) in [6.07, 6.45) is 0.645. The van der Waals surface area contributed by atoms with Crippen molar-refractivity contribution in [2.75, 3.05) is 19.6 Å². The highest BCUT2D eigenvalue weighted by Gasteiger charge is 2.34. The molecular formula is C29H34N2O4. The van der Waals surface area contributed by atoms with Gasteiger partial charge in [-0.25, -0.2) is 0 Å². The quantitative estimate of drug-likeness (QED) is 0.481. The maximum absolute atomic E-state index is 9.98. The molecule has 184 valence electrons. The first-order chi connectivity index (χ1) is 17.1. The number of benzene rings is 3. The molecule has 0 unspecified atom stereocenters. The molecule has 2 aliphatic heterocycles. The molecule has 4 N–H and O–H groups in total. The van der Waals surface area contributed by atoms with E-state index in [-0.39, 0.29) is 24.9 Å². The highest BCUT2D eigenvalue weighted by atomic mass is 16.7. The number of β-amino-alcohol motifs (C(OH)–C–C–N with tert-alkyl or cyclic N) is 1. The molecular weight excluding hydrogens is 440 g/mol. The minimum Gasteiger partial charge on any atom is -0.392 e. The zero-order valence-electron chi connectivity index (χ0n) is 19.9. The van der Waals surface area contributed by atoms with Crippen molar-refractivity contribution in [1.29, 1.82) is 0 Å². The van der Waals surface area contributed by atoms with Gasteiger partial charge in [0.15, 0.2) is 6.29 Å². The second-order valence-electron chi connectivity index (χ2n) is 9.58. The average Bonchev–Trinajstić information content (AvgIpc) is 3.32. The normalized spacial score (nSPS) is 25.1. The summed E-state index contributed by atoms with van der Waals surface area (Å²) in [5.41, 5.74) is 12.1. The van der Waals surface area contributed by atoms with Crippen LogP contribution in [0.2, 0.25) is 0 Å². The predicted molar refractivity (Wildman–Crippen MR) is 135 cm³/mol. The van der Waals surface area contributed by atoms with Gasteiger partial charge in [0.25, 0.3) is 0 Å². The van der Waals surface area contributed by atoms with Crippen LogP contribution in [0.4, 0.5) is 0 Å². The second kappa shape index (κ2) is 11.0. The Morgan fingerprint density at radius 2 is 1.66 bits per heavy atom. The lowest BCUT2D eigenvalue weighted by Crippen LogP contribution is -2.38. The summed E-state index contributed by atoms with van der Waals surface area (Å²) >= 11 is 0. The molecule has 6 nitrogen and oxygen atoms in total. The molecule has 2 aliphatic rings. The molecule has 4 atom stereocenters.